The fourth-order valence-corrected chi connectivity index (χ4v) is 2.79. The van der Waals surface area contributed by atoms with Gasteiger partial charge in [0.25, 0.3) is 0 Å². The fraction of sp³-hybridized carbons (Fsp3) is 0.562. The molecule has 4 heteroatoms. The molecule has 1 aromatic carbocycles. The van der Waals surface area contributed by atoms with Crippen LogP contribution in [0.1, 0.15) is 54.4 Å². The Morgan fingerprint density at radius 3 is 2.30 bits per heavy atom. The number of nitrogens with two attached hydrogens (primary N) is 1. The number of hydrogen-bond donors (Lipinski definition) is 3. The molecule has 0 atom stereocenters. The monoisotopic (exact) mass is 276 g/mol. The van der Waals surface area contributed by atoms with Gasteiger partial charge in [-0.2, -0.15) is 0 Å². The van der Waals surface area contributed by atoms with Crippen molar-refractivity contribution in [2.45, 2.75) is 50.7 Å². The first kappa shape index (κ1) is 15.0. The second-order valence-corrected chi connectivity index (χ2v) is 5.80. The molecule has 1 aliphatic rings. The minimum Gasteiger partial charge on any atom is -0.389 e. The van der Waals surface area contributed by atoms with E-state index in [4.69, 9.17) is 5.73 Å². The Balaban J connectivity index is 1.81. The van der Waals surface area contributed by atoms with Gasteiger partial charge >= 0.3 is 0 Å². The second-order valence-electron chi connectivity index (χ2n) is 5.80. The third-order valence-electron chi connectivity index (χ3n) is 4.06. The number of hydrogen-bond acceptors (Lipinski definition) is 3. The number of primary amides is 1. The van der Waals surface area contributed by atoms with Crippen LogP contribution >= 0.6 is 0 Å². The van der Waals surface area contributed by atoms with Crippen LogP contribution in [0.2, 0.25) is 0 Å². The first-order valence-corrected chi connectivity index (χ1v) is 7.41. The van der Waals surface area contributed by atoms with Crippen LogP contribution in [0.4, 0.5) is 0 Å². The maximum atomic E-state index is 11.0. The molecule has 1 saturated carbocycles. The Morgan fingerprint density at radius 2 is 1.75 bits per heavy atom. The highest BCUT2D eigenvalue weighted by Crippen LogP contribution is 2.26. The van der Waals surface area contributed by atoms with Crippen LogP contribution in [0.15, 0.2) is 24.3 Å². The van der Waals surface area contributed by atoms with Gasteiger partial charge < -0.3 is 16.2 Å². The van der Waals surface area contributed by atoms with E-state index < -0.39 is 11.5 Å². The van der Waals surface area contributed by atoms with E-state index in [9.17, 15) is 9.90 Å². The lowest BCUT2D eigenvalue weighted by molar-refractivity contribution is 0.0250. The number of carbonyl (C=O) groups excluding carboxylic acids is 1. The Hall–Kier alpha value is -1.39. The maximum absolute atomic E-state index is 11.0. The molecule has 1 fully saturated rings. The Kier molecular flexibility index (Phi) is 5.15. The van der Waals surface area contributed by atoms with Crippen LogP contribution in [-0.4, -0.2) is 23.2 Å². The van der Waals surface area contributed by atoms with Gasteiger partial charge in [0.15, 0.2) is 0 Å². The minimum absolute atomic E-state index is 0.405. The van der Waals surface area contributed by atoms with Crippen LogP contribution < -0.4 is 11.1 Å². The number of benzene rings is 1. The summed E-state index contributed by atoms with van der Waals surface area (Å²) in [5, 5.41) is 13.8. The number of rotatable bonds is 5. The molecule has 1 amide bonds. The zero-order valence-electron chi connectivity index (χ0n) is 11.9. The van der Waals surface area contributed by atoms with Gasteiger partial charge in [0.1, 0.15) is 0 Å². The predicted molar refractivity (Wildman–Crippen MR) is 79.3 cm³/mol. The molecule has 0 heterocycles. The van der Waals surface area contributed by atoms with Crippen molar-refractivity contribution >= 4 is 5.91 Å². The number of amides is 1. The van der Waals surface area contributed by atoms with Gasteiger partial charge in [0, 0.05) is 18.7 Å². The number of aliphatic hydroxyl groups is 1. The van der Waals surface area contributed by atoms with E-state index in [1.807, 2.05) is 12.1 Å². The Labute approximate surface area is 120 Å². The summed E-state index contributed by atoms with van der Waals surface area (Å²) < 4.78 is 0. The Bertz CT molecular complexity index is 434. The summed E-state index contributed by atoms with van der Waals surface area (Å²) in [7, 11) is 0. The normalized spacial score (nSPS) is 18.4. The van der Waals surface area contributed by atoms with Crippen LogP contribution in [0.3, 0.4) is 0 Å². The van der Waals surface area contributed by atoms with Crippen LogP contribution in [0.25, 0.3) is 0 Å². The maximum Gasteiger partial charge on any atom is 0.248 e. The standard InChI is InChI=1S/C16H24N2O2/c17-15(19)14-7-5-13(6-8-14)11-18-12-16(20)9-3-1-2-4-10-16/h5-8,18,20H,1-4,9-12H2,(H2,17,19). The molecule has 0 bridgehead atoms. The zero-order valence-corrected chi connectivity index (χ0v) is 11.9. The number of nitrogens with one attached hydrogen (secondary N) is 1. The largest absolute Gasteiger partial charge is 0.389 e. The summed E-state index contributed by atoms with van der Waals surface area (Å²) in [6.07, 6.45) is 6.48. The molecular weight excluding hydrogens is 252 g/mol. The molecule has 110 valence electrons. The average molecular weight is 276 g/mol. The van der Waals surface area contributed by atoms with Crippen molar-refractivity contribution in [2.24, 2.45) is 5.73 Å². The van der Waals surface area contributed by atoms with Crippen molar-refractivity contribution in [3.05, 3.63) is 35.4 Å². The van der Waals surface area contributed by atoms with E-state index in [-0.39, 0.29) is 0 Å². The van der Waals surface area contributed by atoms with Gasteiger partial charge in [-0.3, -0.25) is 4.79 Å². The van der Waals surface area contributed by atoms with Crippen LogP contribution in [0, 0.1) is 0 Å². The highest BCUT2D eigenvalue weighted by Gasteiger charge is 2.27. The van der Waals surface area contributed by atoms with Crippen molar-refractivity contribution in [3.63, 3.8) is 0 Å². The SMILES string of the molecule is NC(=O)c1ccc(CNCC2(O)CCCCCC2)cc1. The summed E-state index contributed by atoms with van der Waals surface area (Å²) >= 11 is 0. The van der Waals surface area contributed by atoms with Gasteiger partial charge in [-0.05, 0) is 30.5 Å². The quantitative estimate of drug-likeness (QED) is 0.720. The highest BCUT2D eigenvalue weighted by atomic mass is 16.3. The highest BCUT2D eigenvalue weighted by molar-refractivity contribution is 5.92. The van der Waals surface area contributed by atoms with Crippen molar-refractivity contribution in [3.8, 4) is 0 Å². The molecule has 4 nitrogen and oxygen atoms in total. The predicted octanol–water partition coefficient (Wildman–Crippen LogP) is 1.96. The summed E-state index contributed by atoms with van der Waals surface area (Å²) in [5.74, 6) is -0.405. The van der Waals surface area contributed by atoms with Gasteiger partial charge in [0.05, 0.1) is 5.60 Å². The van der Waals surface area contributed by atoms with Crippen molar-refractivity contribution in [2.75, 3.05) is 6.54 Å². The van der Waals surface area contributed by atoms with Gasteiger partial charge in [0.2, 0.25) is 5.91 Å². The summed E-state index contributed by atoms with van der Waals surface area (Å²) in [5.41, 5.74) is 6.27. The van der Waals surface area contributed by atoms with E-state index in [1.165, 1.54) is 12.8 Å². The molecule has 1 aliphatic carbocycles. The lowest BCUT2D eigenvalue weighted by Gasteiger charge is -2.27. The molecular formula is C16H24N2O2. The molecule has 0 unspecified atom stereocenters. The lowest BCUT2D eigenvalue weighted by Crippen LogP contribution is -2.39. The smallest absolute Gasteiger partial charge is 0.248 e. The second kappa shape index (κ2) is 6.86. The van der Waals surface area contributed by atoms with E-state index >= 15 is 0 Å². The van der Waals surface area contributed by atoms with Gasteiger partial charge in [-0.15, -0.1) is 0 Å². The third kappa shape index (κ3) is 4.32. The summed E-state index contributed by atoms with van der Waals surface area (Å²) in [6, 6.07) is 7.26. The molecule has 0 spiro atoms. The van der Waals surface area contributed by atoms with Gasteiger partial charge in [-0.25, -0.2) is 0 Å². The molecule has 1 aromatic rings. The molecule has 20 heavy (non-hydrogen) atoms. The van der Waals surface area contributed by atoms with Crippen molar-refractivity contribution in [1.29, 1.82) is 0 Å². The molecule has 0 aliphatic heterocycles. The molecule has 2 rings (SSSR count). The summed E-state index contributed by atoms with van der Waals surface area (Å²) in [6.45, 7) is 1.33. The zero-order chi connectivity index (χ0) is 14.4. The van der Waals surface area contributed by atoms with E-state index in [0.29, 0.717) is 18.7 Å². The van der Waals surface area contributed by atoms with E-state index in [0.717, 1.165) is 31.2 Å². The topological polar surface area (TPSA) is 75.4 Å². The fourth-order valence-electron chi connectivity index (χ4n) is 2.79. The molecule has 4 N–H and O–H groups in total. The van der Waals surface area contributed by atoms with E-state index in [2.05, 4.69) is 5.32 Å². The minimum atomic E-state index is -0.552. The van der Waals surface area contributed by atoms with Gasteiger partial charge in [-0.1, -0.05) is 37.8 Å². The first-order valence-electron chi connectivity index (χ1n) is 7.41. The first-order chi connectivity index (χ1) is 9.59. The Morgan fingerprint density at radius 1 is 1.15 bits per heavy atom. The van der Waals surface area contributed by atoms with Crippen LogP contribution in [-0.2, 0) is 6.54 Å². The molecule has 0 radical (unpaired) electrons. The van der Waals surface area contributed by atoms with Crippen molar-refractivity contribution in [1.82, 2.24) is 5.32 Å². The number of carbonyl (C=O) groups is 1. The van der Waals surface area contributed by atoms with Crippen LogP contribution in [0.5, 0.6) is 0 Å². The lowest BCUT2D eigenvalue weighted by atomic mass is 9.94. The molecule has 0 saturated heterocycles. The van der Waals surface area contributed by atoms with E-state index in [1.54, 1.807) is 12.1 Å². The van der Waals surface area contributed by atoms with Crippen molar-refractivity contribution < 1.29 is 9.90 Å². The summed E-state index contributed by atoms with van der Waals surface area (Å²) in [4.78, 5) is 11.0. The average Bonchev–Trinajstić information content (AvgIpc) is 2.64. The third-order valence-corrected chi connectivity index (χ3v) is 4.06. The molecule has 0 aromatic heterocycles.